The van der Waals surface area contributed by atoms with Gasteiger partial charge in [-0.2, -0.15) is 0 Å². The molecule has 0 saturated heterocycles. The van der Waals surface area contributed by atoms with Crippen molar-refractivity contribution in [1.82, 2.24) is 0 Å². The molecule has 0 aromatic carbocycles. The smallest absolute Gasteiger partial charge is 0.391 e. The van der Waals surface area contributed by atoms with Gasteiger partial charge in [0.15, 0.2) is 0 Å². The molecule has 8 heteroatoms. The van der Waals surface area contributed by atoms with Gasteiger partial charge in [-0.15, -0.1) is 19.7 Å². The van der Waals surface area contributed by atoms with E-state index in [9.17, 15) is 0 Å². The van der Waals surface area contributed by atoms with Crippen molar-refractivity contribution in [2.24, 2.45) is 0 Å². The highest BCUT2D eigenvalue weighted by atomic mass is 28.5. The van der Waals surface area contributed by atoms with Crippen molar-refractivity contribution in [2.45, 2.75) is 46.2 Å². The molecule has 0 N–H and O–H groups in total. The van der Waals surface area contributed by atoms with Gasteiger partial charge in [-0.05, 0) is 46.2 Å². The van der Waals surface area contributed by atoms with Crippen LogP contribution in [0.25, 0.3) is 0 Å². The Bertz CT molecular complexity index is 353. The first-order chi connectivity index (χ1) is 9.86. The van der Waals surface area contributed by atoms with Crippen molar-refractivity contribution < 1.29 is 16.8 Å². The van der Waals surface area contributed by atoms with Gasteiger partial charge in [-0.1, -0.05) is 17.1 Å². The van der Waals surface area contributed by atoms with Crippen LogP contribution < -0.4 is 0 Å². The van der Waals surface area contributed by atoms with E-state index < -0.39 is 34.0 Å². The fraction of sp³-hybridized carbons (Fsp3) is 0.571. The van der Waals surface area contributed by atoms with Gasteiger partial charge in [0.25, 0.3) is 0 Å². The summed E-state index contributed by atoms with van der Waals surface area (Å²) in [6.45, 7) is 26.4. The van der Waals surface area contributed by atoms with Gasteiger partial charge in [-0.3, -0.25) is 0 Å². The minimum absolute atomic E-state index is 0.469. The molecule has 0 aliphatic carbocycles. The molecule has 0 fully saturated rings. The summed E-state index contributed by atoms with van der Waals surface area (Å²) in [6, 6.07) is 0. The first kappa shape index (κ1) is 21.9. The normalized spacial score (nSPS) is 13.8. The monoisotopic (exact) mass is 376 g/mol. The molecule has 0 saturated carbocycles. The van der Waals surface area contributed by atoms with E-state index in [-0.39, 0.29) is 0 Å². The minimum atomic E-state index is -3.29. The first-order valence-electron chi connectivity index (χ1n) is 7.52. The van der Waals surface area contributed by atoms with Gasteiger partial charge in [0.1, 0.15) is 0 Å². The lowest BCUT2D eigenvalue weighted by Crippen LogP contribution is -2.63. The minimum Gasteiger partial charge on any atom is -0.391 e. The predicted molar refractivity (Wildman–Crippen MR) is 104 cm³/mol. The van der Waals surface area contributed by atoms with E-state index in [2.05, 4.69) is 59.0 Å². The van der Waals surface area contributed by atoms with Crippen molar-refractivity contribution in [1.29, 1.82) is 0 Å². The molecular weight excluding hydrogens is 344 g/mol. The fourth-order valence-corrected chi connectivity index (χ4v) is 12.8. The molecule has 0 aromatic heterocycles. The van der Waals surface area contributed by atoms with Gasteiger partial charge >= 0.3 is 9.05 Å². The van der Waals surface area contributed by atoms with Gasteiger partial charge < -0.3 is 16.8 Å². The topological polar surface area (TPSA) is 36.9 Å². The summed E-state index contributed by atoms with van der Waals surface area (Å²) in [4.78, 5) is 0. The highest BCUT2D eigenvalue weighted by Crippen LogP contribution is 2.27. The molecule has 22 heavy (non-hydrogen) atoms. The fourth-order valence-electron chi connectivity index (χ4n) is 1.42. The molecule has 0 aliphatic rings. The van der Waals surface area contributed by atoms with Crippen LogP contribution in [0.1, 0.15) is 6.92 Å². The third kappa shape index (κ3) is 7.46. The summed E-state index contributed by atoms with van der Waals surface area (Å²) in [6.07, 6.45) is 0. The lowest BCUT2D eigenvalue weighted by molar-refractivity contribution is 0.0911. The lowest BCUT2D eigenvalue weighted by Gasteiger charge is -2.40. The molecule has 4 nitrogen and oxygen atoms in total. The summed E-state index contributed by atoms with van der Waals surface area (Å²) in [7, 11) is -9.74. The Morgan fingerprint density at radius 2 is 0.955 bits per heavy atom. The van der Waals surface area contributed by atoms with Crippen molar-refractivity contribution in [3.05, 3.63) is 36.8 Å². The molecule has 0 heterocycles. The van der Waals surface area contributed by atoms with E-state index in [1.54, 1.807) is 0 Å². The largest absolute Gasteiger partial charge is 0.648 e. The summed E-state index contributed by atoms with van der Waals surface area (Å²) in [5.74, 6) is 0. The maximum Gasteiger partial charge on any atom is 0.648 e. The average molecular weight is 377 g/mol. The van der Waals surface area contributed by atoms with Crippen molar-refractivity contribution >= 4 is 34.0 Å². The Morgan fingerprint density at radius 3 is 1.14 bits per heavy atom. The van der Waals surface area contributed by atoms with Crippen LogP contribution in [0, 0.1) is 0 Å². The van der Waals surface area contributed by atoms with Crippen molar-refractivity contribution in [2.75, 3.05) is 6.61 Å². The summed E-state index contributed by atoms with van der Waals surface area (Å²) < 4.78 is 25.0. The Labute approximate surface area is 140 Å². The predicted octanol–water partition coefficient (Wildman–Crippen LogP) is 4.30. The van der Waals surface area contributed by atoms with Crippen LogP contribution in [-0.2, 0) is 16.8 Å². The van der Waals surface area contributed by atoms with Crippen LogP contribution in [-0.4, -0.2) is 40.6 Å². The van der Waals surface area contributed by atoms with E-state index in [1.807, 2.05) is 24.0 Å². The molecule has 0 unspecified atom stereocenters. The highest BCUT2D eigenvalue weighted by molar-refractivity contribution is 6.91. The van der Waals surface area contributed by atoms with Crippen LogP contribution in [0.2, 0.25) is 39.3 Å². The van der Waals surface area contributed by atoms with E-state index in [0.717, 1.165) is 0 Å². The van der Waals surface area contributed by atoms with Gasteiger partial charge in [0, 0.05) is 6.61 Å². The molecule has 128 valence electrons. The summed E-state index contributed by atoms with van der Waals surface area (Å²) in [5, 5.41) is 0. The van der Waals surface area contributed by atoms with Crippen LogP contribution in [0.3, 0.4) is 0 Å². The third-order valence-electron chi connectivity index (χ3n) is 2.96. The van der Waals surface area contributed by atoms with Crippen LogP contribution in [0.15, 0.2) is 36.8 Å². The van der Waals surface area contributed by atoms with Crippen LogP contribution >= 0.6 is 0 Å². The SMILES string of the molecule is C=C[Si](C)(C)O[Si](OCC)(O[Si](C)(C)C=C)O[Si](C)(C)C=C. The quantitative estimate of drug-likeness (QED) is 0.504. The number of hydrogen-bond donors (Lipinski definition) is 0. The van der Waals surface area contributed by atoms with Gasteiger partial charge in [0.2, 0.25) is 25.0 Å². The van der Waals surface area contributed by atoms with Crippen LogP contribution in [0.4, 0.5) is 0 Å². The first-order valence-corrected chi connectivity index (χ1v) is 18.1. The molecule has 0 aromatic rings. The van der Waals surface area contributed by atoms with E-state index in [0.29, 0.717) is 6.61 Å². The zero-order valence-corrected chi connectivity index (χ0v) is 19.2. The second-order valence-electron chi connectivity index (χ2n) is 6.66. The second kappa shape index (κ2) is 8.15. The average Bonchev–Trinajstić information content (AvgIpc) is 2.37. The number of rotatable bonds is 11. The Kier molecular flexibility index (Phi) is 8.13. The van der Waals surface area contributed by atoms with E-state index in [4.69, 9.17) is 16.8 Å². The molecule has 0 bridgehead atoms. The standard InChI is InChI=1S/C14H32O4Si4/c1-11-15-22(16-19(5,6)12-2,17-20(7,8)13-3)18-21(9,10)14-4/h12-14H,2-4,11H2,1,5-10H3. The van der Waals surface area contributed by atoms with Crippen LogP contribution in [0.5, 0.6) is 0 Å². The van der Waals surface area contributed by atoms with Gasteiger partial charge in [0.05, 0.1) is 0 Å². The van der Waals surface area contributed by atoms with E-state index in [1.165, 1.54) is 0 Å². The zero-order valence-electron chi connectivity index (χ0n) is 15.2. The number of hydrogen-bond acceptors (Lipinski definition) is 4. The third-order valence-corrected chi connectivity index (χ3v) is 15.9. The Hall–Kier alpha value is -0.0725. The Balaban J connectivity index is 5.77. The van der Waals surface area contributed by atoms with Gasteiger partial charge in [-0.25, -0.2) is 0 Å². The van der Waals surface area contributed by atoms with Crippen molar-refractivity contribution in [3.8, 4) is 0 Å². The maximum absolute atomic E-state index is 6.36. The maximum atomic E-state index is 6.36. The molecular formula is C14H32O4Si4. The summed E-state index contributed by atoms with van der Waals surface area (Å²) in [5.41, 5.74) is 5.60. The summed E-state index contributed by atoms with van der Waals surface area (Å²) >= 11 is 0. The zero-order chi connectivity index (χ0) is 17.7. The lowest BCUT2D eigenvalue weighted by atomic mass is 10.9. The van der Waals surface area contributed by atoms with E-state index >= 15 is 0 Å². The molecule has 0 spiro atoms. The Morgan fingerprint density at radius 1 is 0.682 bits per heavy atom. The highest BCUT2D eigenvalue weighted by Gasteiger charge is 2.54. The molecule has 0 radical (unpaired) electrons. The second-order valence-corrected chi connectivity index (χ2v) is 21.2. The molecule has 0 aliphatic heterocycles. The molecule has 0 amide bonds. The molecule has 0 atom stereocenters. The van der Waals surface area contributed by atoms with Crippen molar-refractivity contribution in [3.63, 3.8) is 0 Å². The molecule has 0 rings (SSSR count).